The molecule has 6 aromatic carbocycles. The van der Waals surface area contributed by atoms with E-state index in [4.69, 9.17) is 0 Å². The molecule has 198 valence electrons. The molecule has 0 bridgehead atoms. The molecule has 0 saturated carbocycles. The maximum atomic E-state index is 2.52. The van der Waals surface area contributed by atoms with Crippen LogP contribution < -0.4 is 31.8 Å². The Morgan fingerprint density at radius 3 is 1.00 bits per heavy atom. The number of benzene rings is 6. The number of rotatable bonds is 7. The largest absolute Gasteiger partial charge is 0.341 e. The van der Waals surface area contributed by atoms with Crippen LogP contribution in [0.2, 0.25) is 0 Å². The molecule has 1 nitrogen and oxygen atoms in total. The van der Waals surface area contributed by atoms with Crippen LogP contribution in [0, 0.1) is 0 Å². The molecule has 0 unspecified atom stereocenters. The van der Waals surface area contributed by atoms with E-state index in [0.29, 0.717) is 0 Å². The molecule has 3 heteroatoms. The summed E-state index contributed by atoms with van der Waals surface area (Å²) in [7, 11) is -1.31. The molecule has 7 aromatic rings. The fourth-order valence-corrected chi connectivity index (χ4v) is 10.5. The molecule has 1 aromatic heterocycles. The highest BCUT2D eigenvalue weighted by molar-refractivity contribution is 7.80. The molecule has 0 aliphatic heterocycles. The highest BCUT2D eigenvalue weighted by atomic mass is 31.1. The maximum absolute atomic E-state index is 2.52. The minimum Gasteiger partial charge on any atom is -0.341 e. The summed E-state index contributed by atoms with van der Waals surface area (Å²) in [4.78, 5) is 0. The van der Waals surface area contributed by atoms with E-state index in [1.54, 1.807) is 0 Å². The Labute approximate surface area is 244 Å². The first-order valence-electron chi connectivity index (χ1n) is 14.2. The molecule has 0 radical (unpaired) electrons. The molecule has 0 atom stereocenters. The molecule has 0 amide bonds. The van der Waals surface area contributed by atoms with Crippen LogP contribution in [0.15, 0.2) is 158 Å². The predicted molar refractivity (Wildman–Crippen MR) is 183 cm³/mol. The number of aromatic nitrogens is 1. The fourth-order valence-electron chi connectivity index (χ4n) is 5.89. The van der Waals surface area contributed by atoms with E-state index in [9.17, 15) is 0 Å². The van der Waals surface area contributed by atoms with Crippen molar-refractivity contribution in [2.45, 2.75) is 13.5 Å². The van der Waals surface area contributed by atoms with E-state index < -0.39 is 15.8 Å². The highest BCUT2D eigenvalue weighted by Crippen LogP contribution is 2.38. The van der Waals surface area contributed by atoms with E-state index in [1.165, 1.54) is 53.6 Å². The zero-order chi connectivity index (χ0) is 27.6. The Kier molecular flexibility index (Phi) is 7.24. The first-order valence-corrected chi connectivity index (χ1v) is 16.9. The van der Waals surface area contributed by atoms with Gasteiger partial charge in [-0.25, -0.2) is 0 Å². The smallest absolute Gasteiger partial charge is 0.0497 e. The van der Waals surface area contributed by atoms with Crippen molar-refractivity contribution in [1.29, 1.82) is 0 Å². The minimum atomic E-state index is -0.653. The van der Waals surface area contributed by atoms with Gasteiger partial charge in [0.1, 0.15) is 0 Å². The van der Waals surface area contributed by atoms with Gasteiger partial charge >= 0.3 is 0 Å². The Balaban J connectivity index is 1.41. The monoisotopic (exact) mass is 563 g/mol. The standard InChI is InChI=1S/C38H31NP2/c1-2-39-37-27-33(40(29-15-7-3-8-16-29)30-17-9-4-10-18-30)23-25-35(37)36-26-24-34(28-38(36)39)41(31-19-11-5-12-20-31)32-21-13-6-14-22-32/h3-28H,2H2,1H3. The van der Waals surface area contributed by atoms with Crippen molar-refractivity contribution in [3.05, 3.63) is 158 Å². The van der Waals surface area contributed by atoms with Gasteiger partial charge in [0.25, 0.3) is 0 Å². The number of hydrogen-bond donors (Lipinski definition) is 0. The van der Waals surface area contributed by atoms with Crippen molar-refractivity contribution in [3.8, 4) is 0 Å². The Morgan fingerprint density at radius 1 is 0.390 bits per heavy atom. The van der Waals surface area contributed by atoms with Gasteiger partial charge in [-0.1, -0.05) is 146 Å². The first-order chi connectivity index (χ1) is 20.3. The molecule has 0 N–H and O–H groups in total. The molecule has 0 spiro atoms. The van der Waals surface area contributed by atoms with Crippen LogP contribution in [0.1, 0.15) is 6.92 Å². The van der Waals surface area contributed by atoms with Crippen LogP contribution in [0.4, 0.5) is 0 Å². The van der Waals surface area contributed by atoms with Crippen molar-refractivity contribution >= 4 is 69.5 Å². The zero-order valence-corrected chi connectivity index (χ0v) is 24.8. The molecule has 0 aliphatic carbocycles. The third-order valence-electron chi connectivity index (χ3n) is 7.72. The van der Waals surface area contributed by atoms with Gasteiger partial charge in [0.15, 0.2) is 0 Å². The van der Waals surface area contributed by atoms with Gasteiger partial charge in [-0.3, -0.25) is 0 Å². The summed E-state index contributed by atoms with van der Waals surface area (Å²) in [5.41, 5.74) is 2.64. The average molecular weight is 564 g/mol. The van der Waals surface area contributed by atoms with Crippen LogP contribution in [-0.2, 0) is 6.54 Å². The lowest BCUT2D eigenvalue weighted by molar-refractivity contribution is 0.828. The predicted octanol–water partition coefficient (Wildman–Crippen LogP) is 7.33. The molecular weight excluding hydrogens is 532 g/mol. The van der Waals surface area contributed by atoms with Crippen LogP contribution in [0.3, 0.4) is 0 Å². The van der Waals surface area contributed by atoms with E-state index in [0.717, 1.165) is 6.54 Å². The van der Waals surface area contributed by atoms with Crippen LogP contribution in [-0.4, -0.2) is 4.57 Å². The van der Waals surface area contributed by atoms with Crippen molar-refractivity contribution < 1.29 is 0 Å². The van der Waals surface area contributed by atoms with Crippen molar-refractivity contribution in [1.82, 2.24) is 4.57 Å². The average Bonchev–Trinajstić information content (AvgIpc) is 3.35. The number of aryl methyl sites for hydroxylation is 1. The second-order valence-corrected chi connectivity index (χ2v) is 14.6. The fraction of sp³-hybridized carbons (Fsp3) is 0.0526. The second kappa shape index (κ2) is 11.5. The summed E-state index contributed by atoms with van der Waals surface area (Å²) < 4.78 is 2.52. The molecule has 41 heavy (non-hydrogen) atoms. The van der Waals surface area contributed by atoms with Crippen LogP contribution in [0.25, 0.3) is 21.8 Å². The van der Waals surface area contributed by atoms with Crippen molar-refractivity contribution in [2.75, 3.05) is 0 Å². The van der Waals surface area contributed by atoms with Gasteiger partial charge in [0, 0.05) is 28.4 Å². The second-order valence-electron chi connectivity index (χ2n) is 10.2. The number of hydrogen-bond acceptors (Lipinski definition) is 0. The van der Waals surface area contributed by atoms with Gasteiger partial charge in [-0.2, -0.15) is 0 Å². The molecular formula is C38H31NP2. The lowest BCUT2D eigenvalue weighted by Gasteiger charge is -2.20. The maximum Gasteiger partial charge on any atom is 0.0497 e. The van der Waals surface area contributed by atoms with Gasteiger partial charge in [0.05, 0.1) is 0 Å². The summed E-state index contributed by atoms with van der Waals surface area (Å²) >= 11 is 0. The SMILES string of the molecule is CCn1c2cc(P(c3ccccc3)c3ccccc3)ccc2c2ccc(P(c3ccccc3)c3ccccc3)cc21. The number of nitrogens with zero attached hydrogens (tertiary/aromatic N) is 1. The molecule has 1 heterocycles. The topological polar surface area (TPSA) is 4.93 Å². The third kappa shape index (κ3) is 4.91. The zero-order valence-electron chi connectivity index (χ0n) is 23.1. The quantitative estimate of drug-likeness (QED) is 0.179. The highest BCUT2D eigenvalue weighted by Gasteiger charge is 2.21. The Bertz CT molecular complexity index is 1690. The molecule has 0 aliphatic rings. The summed E-state index contributed by atoms with van der Waals surface area (Å²) in [6.07, 6.45) is 0. The normalized spacial score (nSPS) is 11.6. The van der Waals surface area contributed by atoms with Crippen molar-refractivity contribution in [2.24, 2.45) is 0 Å². The van der Waals surface area contributed by atoms with Gasteiger partial charge in [0.2, 0.25) is 0 Å². The molecule has 0 fully saturated rings. The van der Waals surface area contributed by atoms with Crippen LogP contribution >= 0.6 is 15.8 Å². The Morgan fingerprint density at radius 2 is 0.707 bits per heavy atom. The van der Waals surface area contributed by atoms with E-state index in [-0.39, 0.29) is 0 Å². The summed E-state index contributed by atoms with van der Waals surface area (Å²) in [6, 6.07) is 58.3. The Hall–Kier alpha value is -4.02. The van der Waals surface area contributed by atoms with Crippen molar-refractivity contribution in [3.63, 3.8) is 0 Å². The lowest BCUT2D eigenvalue weighted by atomic mass is 10.1. The summed E-state index contributed by atoms with van der Waals surface area (Å²) in [5, 5.41) is 11.0. The first kappa shape index (κ1) is 25.9. The minimum absolute atomic E-state index is 0.653. The molecule has 7 rings (SSSR count). The van der Waals surface area contributed by atoms with E-state index in [1.807, 2.05) is 0 Å². The number of fused-ring (bicyclic) bond motifs is 3. The van der Waals surface area contributed by atoms with E-state index in [2.05, 4.69) is 169 Å². The summed E-state index contributed by atoms with van der Waals surface area (Å²) in [5.74, 6) is 0. The lowest BCUT2D eigenvalue weighted by Crippen LogP contribution is -2.20. The van der Waals surface area contributed by atoms with Gasteiger partial charge in [-0.05, 0) is 66.7 Å². The van der Waals surface area contributed by atoms with Gasteiger partial charge in [-0.15, -0.1) is 0 Å². The molecule has 0 saturated heterocycles. The summed E-state index contributed by atoms with van der Waals surface area (Å²) in [6.45, 7) is 3.20. The van der Waals surface area contributed by atoms with Crippen LogP contribution in [0.5, 0.6) is 0 Å². The van der Waals surface area contributed by atoms with E-state index >= 15 is 0 Å². The third-order valence-corrected chi connectivity index (χ3v) is 12.6. The van der Waals surface area contributed by atoms with Gasteiger partial charge < -0.3 is 4.57 Å².